The van der Waals surface area contributed by atoms with Crippen LogP contribution >= 0.6 is 0 Å². The van der Waals surface area contributed by atoms with Gasteiger partial charge in [-0.1, -0.05) is 0 Å². The second-order valence-electron chi connectivity index (χ2n) is 6.83. The van der Waals surface area contributed by atoms with Gasteiger partial charge >= 0.3 is 0 Å². The van der Waals surface area contributed by atoms with Crippen molar-refractivity contribution in [2.75, 3.05) is 18.6 Å². The predicted molar refractivity (Wildman–Crippen MR) is 96.8 cm³/mol. The summed E-state index contributed by atoms with van der Waals surface area (Å²) >= 11 is 0. The van der Waals surface area contributed by atoms with Crippen LogP contribution < -0.4 is 4.90 Å². The van der Waals surface area contributed by atoms with Crippen molar-refractivity contribution in [2.45, 2.75) is 39.3 Å². The number of hydrogen-bond donors (Lipinski definition) is 1. The van der Waals surface area contributed by atoms with Gasteiger partial charge in [0.2, 0.25) is 0 Å². The third kappa shape index (κ3) is 2.50. The van der Waals surface area contributed by atoms with E-state index in [1.807, 2.05) is 31.8 Å². The number of aromatic amines is 1. The van der Waals surface area contributed by atoms with E-state index in [-0.39, 0.29) is 12.1 Å². The summed E-state index contributed by atoms with van der Waals surface area (Å²) in [5.74, 6) is 1.00. The maximum atomic E-state index is 5.68. The molecule has 132 valence electrons. The Morgan fingerprint density at radius 1 is 1.24 bits per heavy atom. The van der Waals surface area contributed by atoms with Crippen LogP contribution in [0.15, 0.2) is 12.3 Å². The summed E-state index contributed by atoms with van der Waals surface area (Å²) in [7, 11) is 3.71. The lowest BCUT2D eigenvalue weighted by Gasteiger charge is -2.26. The van der Waals surface area contributed by atoms with Gasteiger partial charge in [0.25, 0.3) is 0 Å². The van der Waals surface area contributed by atoms with Crippen LogP contribution in [0.5, 0.6) is 0 Å². The summed E-state index contributed by atoms with van der Waals surface area (Å²) in [6.07, 6.45) is 2.94. The van der Waals surface area contributed by atoms with Crippen LogP contribution in [0.1, 0.15) is 35.4 Å². The average Bonchev–Trinajstić information content (AvgIpc) is 3.25. The van der Waals surface area contributed by atoms with Crippen molar-refractivity contribution in [3.63, 3.8) is 0 Å². The second-order valence-corrected chi connectivity index (χ2v) is 6.83. The first-order valence-electron chi connectivity index (χ1n) is 8.60. The first-order chi connectivity index (χ1) is 12.0. The number of aromatic nitrogens is 5. The molecule has 1 aliphatic heterocycles. The molecule has 0 unspecified atom stereocenters. The van der Waals surface area contributed by atoms with Crippen molar-refractivity contribution < 1.29 is 4.74 Å². The molecule has 0 radical (unpaired) electrons. The molecule has 2 atom stereocenters. The molecule has 1 saturated heterocycles. The Hall–Kier alpha value is -2.41. The number of fused-ring (bicyclic) bond motifs is 1. The molecule has 1 N–H and O–H groups in total. The van der Waals surface area contributed by atoms with Crippen LogP contribution in [-0.2, 0) is 11.8 Å². The highest BCUT2D eigenvalue weighted by atomic mass is 16.5. The fourth-order valence-corrected chi connectivity index (χ4v) is 3.82. The monoisotopic (exact) mass is 340 g/mol. The quantitative estimate of drug-likeness (QED) is 0.793. The normalized spacial score (nSPS) is 20.8. The predicted octanol–water partition coefficient (Wildman–Crippen LogP) is 2.58. The van der Waals surface area contributed by atoms with Crippen LogP contribution in [0.25, 0.3) is 11.0 Å². The second kappa shape index (κ2) is 5.84. The molecule has 0 spiro atoms. The summed E-state index contributed by atoms with van der Waals surface area (Å²) in [5.41, 5.74) is 5.21. The molecule has 1 fully saturated rings. The van der Waals surface area contributed by atoms with Crippen molar-refractivity contribution in [2.24, 2.45) is 7.05 Å². The number of ether oxygens (including phenoxy) is 1. The molecule has 0 saturated carbocycles. The molecule has 7 heteroatoms. The number of imidazole rings is 1. The first kappa shape index (κ1) is 16.1. The highest BCUT2D eigenvalue weighted by Gasteiger charge is 2.36. The number of aryl methyl sites for hydroxylation is 4. The van der Waals surface area contributed by atoms with Crippen LogP contribution in [0, 0.1) is 20.8 Å². The van der Waals surface area contributed by atoms with E-state index < -0.39 is 0 Å². The third-order valence-electron chi connectivity index (χ3n) is 5.24. The van der Waals surface area contributed by atoms with Gasteiger partial charge in [-0.05, 0) is 26.8 Å². The molecule has 0 aliphatic carbocycles. The maximum Gasteiger partial charge on any atom is 0.159 e. The van der Waals surface area contributed by atoms with E-state index >= 15 is 0 Å². The smallest absolute Gasteiger partial charge is 0.159 e. The number of rotatable bonds is 3. The van der Waals surface area contributed by atoms with Gasteiger partial charge < -0.3 is 14.6 Å². The summed E-state index contributed by atoms with van der Waals surface area (Å²) in [4.78, 5) is 15.1. The van der Waals surface area contributed by atoms with Crippen molar-refractivity contribution in [3.05, 3.63) is 35.2 Å². The van der Waals surface area contributed by atoms with Gasteiger partial charge in [0, 0.05) is 39.0 Å². The van der Waals surface area contributed by atoms with E-state index in [9.17, 15) is 0 Å². The van der Waals surface area contributed by atoms with Crippen molar-refractivity contribution in [3.8, 4) is 0 Å². The largest absolute Gasteiger partial charge is 0.380 e. The molecule has 25 heavy (non-hydrogen) atoms. The Kier molecular flexibility index (Phi) is 3.76. The summed E-state index contributed by atoms with van der Waals surface area (Å²) < 4.78 is 7.52. The zero-order chi connectivity index (χ0) is 17.7. The molecule has 0 aromatic carbocycles. The fraction of sp³-hybridized carbons (Fsp3) is 0.500. The Labute approximate surface area is 147 Å². The van der Waals surface area contributed by atoms with Gasteiger partial charge in [-0.2, -0.15) is 5.10 Å². The summed E-state index contributed by atoms with van der Waals surface area (Å²) in [6.45, 7) is 6.97. The van der Waals surface area contributed by atoms with Crippen molar-refractivity contribution in [1.82, 2.24) is 24.7 Å². The maximum absolute atomic E-state index is 5.68. The number of anilines is 1. The first-order valence-corrected chi connectivity index (χ1v) is 8.60. The van der Waals surface area contributed by atoms with Crippen LogP contribution in [-0.4, -0.2) is 44.5 Å². The summed E-state index contributed by atoms with van der Waals surface area (Å²) in [6, 6.07) is 2.23. The zero-order valence-electron chi connectivity index (χ0n) is 15.4. The lowest BCUT2D eigenvalue weighted by molar-refractivity contribution is 0.118. The van der Waals surface area contributed by atoms with E-state index in [2.05, 4.69) is 33.0 Å². The van der Waals surface area contributed by atoms with Gasteiger partial charge in [-0.15, -0.1) is 0 Å². The Balaban J connectivity index is 1.84. The van der Waals surface area contributed by atoms with Gasteiger partial charge in [0.1, 0.15) is 5.82 Å². The van der Waals surface area contributed by atoms with Crippen LogP contribution in [0.2, 0.25) is 0 Å². The van der Waals surface area contributed by atoms with E-state index in [1.54, 1.807) is 7.11 Å². The zero-order valence-corrected chi connectivity index (χ0v) is 15.4. The lowest BCUT2D eigenvalue weighted by Crippen LogP contribution is -2.25. The van der Waals surface area contributed by atoms with Crippen molar-refractivity contribution in [1.29, 1.82) is 0 Å². The van der Waals surface area contributed by atoms with E-state index in [0.717, 1.165) is 52.6 Å². The molecular weight excluding hydrogens is 316 g/mol. The molecule has 1 aliphatic rings. The van der Waals surface area contributed by atoms with E-state index in [1.165, 1.54) is 0 Å². The number of pyridine rings is 1. The number of H-pyrrole nitrogens is 1. The number of hydrogen-bond acceptors (Lipinski definition) is 5. The van der Waals surface area contributed by atoms with Crippen LogP contribution in [0.4, 0.5) is 5.69 Å². The van der Waals surface area contributed by atoms with Crippen molar-refractivity contribution >= 4 is 16.7 Å². The van der Waals surface area contributed by atoms with E-state index in [4.69, 9.17) is 9.72 Å². The Morgan fingerprint density at radius 3 is 2.72 bits per heavy atom. The minimum Gasteiger partial charge on any atom is -0.380 e. The van der Waals surface area contributed by atoms with Gasteiger partial charge in [0.05, 0.1) is 34.6 Å². The SMILES string of the molecule is CO[C@@H]1C[C@@H](c2nc(C)c(C)[nH]2)N(c2ccnc3c2c(C)nn3C)C1. The van der Waals surface area contributed by atoms with Gasteiger partial charge in [0.15, 0.2) is 5.65 Å². The average molecular weight is 340 g/mol. The number of nitrogens with zero attached hydrogens (tertiary/aromatic N) is 5. The molecular formula is C18H24N6O. The topological polar surface area (TPSA) is 71.9 Å². The van der Waals surface area contributed by atoms with Crippen LogP contribution in [0.3, 0.4) is 0 Å². The number of nitrogens with one attached hydrogen (secondary N) is 1. The molecule has 0 amide bonds. The van der Waals surface area contributed by atoms with E-state index in [0.29, 0.717) is 0 Å². The molecule has 4 rings (SSSR count). The molecule has 7 nitrogen and oxygen atoms in total. The molecule has 3 aromatic rings. The fourth-order valence-electron chi connectivity index (χ4n) is 3.82. The lowest BCUT2D eigenvalue weighted by atomic mass is 10.1. The minimum atomic E-state index is 0.155. The molecule has 3 aromatic heterocycles. The molecule has 0 bridgehead atoms. The van der Waals surface area contributed by atoms with Gasteiger partial charge in [-0.3, -0.25) is 4.68 Å². The number of methoxy groups -OCH3 is 1. The highest BCUT2D eigenvalue weighted by molar-refractivity contribution is 5.92. The summed E-state index contributed by atoms with van der Waals surface area (Å²) in [5, 5.41) is 5.65. The Morgan fingerprint density at radius 2 is 2.04 bits per heavy atom. The minimum absolute atomic E-state index is 0.155. The van der Waals surface area contributed by atoms with Gasteiger partial charge in [-0.25, -0.2) is 9.97 Å². The highest BCUT2D eigenvalue weighted by Crippen LogP contribution is 2.39. The third-order valence-corrected chi connectivity index (χ3v) is 5.24. The molecule has 4 heterocycles. The Bertz CT molecular complexity index is 908. The standard InChI is InChI=1S/C18H24N6O/c1-10-11(2)21-17(20-10)15-8-13(25-5)9-24(15)14-6-7-19-18-16(14)12(3)22-23(18)4/h6-7,13,15H,8-9H2,1-5H3,(H,20,21)/t13-,15+/m1/s1.